The number of nitrogens with one attached hydrogen (secondary N) is 1. The molecule has 1 aliphatic heterocycles. The van der Waals surface area contributed by atoms with Crippen LogP contribution in [0.1, 0.15) is 63.6 Å². The molecule has 9 heteroatoms. The molecule has 5 aromatic carbocycles. The molecule has 7 rings (SSSR count). The van der Waals surface area contributed by atoms with Gasteiger partial charge in [-0.15, -0.1) is 0 Å². The second-order valence-electron chi connectivity index (χ2n) is 12.7. The average Bonchev–Trinajstić information content (AvgIpc) is 3.63. The number of oxazole rings is 1. The van der Waals surface area contributed by atoms with Crippen LogP contribution in [0.25, 0.3) is 22.6 Å². The predicted octanol–water partition coefficient (Wildman–Crippen LogP) is 9.54. The fraction of sp³-hybridized carbons (Fsp3) is 0.186. The van der Waals surface area contributed by atoms with Gasteiger partial charge in [-0.1, -0.05) is 128 Å². The van der Waals surface area contributed by atoms with Gasteiger partial charge >= 0.3 is 0 Å². The van der Waals surface area contributed by atoms with Crippen LogP contribution in [-0.4, -0.2) is 33.6 Å². The zero-order chi connectivity index (χ0) is 36.0. The number of amides is 1. The van der Waals surface area contributed by atoms with Gasteiger partial charge < -0.3 is 24.3 Å². The van der Waals surface area contributed by atoms with E-state index in [1.54, 1.807) is 42.5 Å². The van der Waals surface area contributed by atoms with Gasteiger partial charge in [0.15, 0.2) is 17.8 Å². The van der Waals surface area contributed by atoms with Crippen LogP contribution in [0.5, 0.6) is 0 Å². The van der Waals surface area contributed by atoms with E-state index in [1.165, 1.54) is 18.7 Å². The number of carbonyl (C=O) groups is 2. The number of ether oxygens (including phenoxy) is 2. The van der Waals surface area contributed by atoms with Gasteiger partial charge in [0, 0.05) is 45.2 Å². The summed E-state index contributed by atoms with van der Waals surface area (Å²) >= 11 is 1.49. The van der Waals surface area contributed by atoms with Crippen LogP contribution >= 0.6 is 11.8 Å². The standard InChI is InChI=1S/C43H38N2O6S/c1-27-37(26-52-43-45-38(30-11-5-3-6-12-30)40(51-43)31-13-7-4-8-14-31)49-42(50-39(27)32-21-19-29(25-46)20-22-32)35-17-9-16-34(23-35)41(48)44-36-18-10-15-33(24-36)28(2)47/h3-24,27,37,39,42,46H,25-26H2,1-2H3,(H,44,48)/t27-,37+,39+,42?/m0/s1. The molecule has 0 aliphatic carbocycles. The molecule has 0 bridgehead atoms. The van der Waals surface area contributed by atoms with Crippen molar-refractivity contribution in [2.75, 3.05) is 11.1 Å². The van der Waals surface area contributed by atoms with Crippen LogP contribution in [-0.2, 0) is 16.1 Å². The van der Waals surface area contributed by atoms with E-state index in [2.05, 4.69) is 12.2 Å². The third-order valence-electron chi connectivity index (χ3n) is 9.13. The summed E-state index contributed by atoms with van der Waals surface area (Å²) in [6.07, 6.45) is -1.40. The van der Waals surface area contributed by atoms with Crippen molar-refractivity contribution in [3.05, 3.63) is 161 Å². The molecule has 1 aromatic heterocycles. The van der Waals surface area contributed by atoms with Crippen LogP contribution < -0.4 is 5.32 Å². The summed E-state index contributed by atoms with van der Waals surface area (Å²) in [6, 6.07) is 41.8. The third-order valence-corrected chi connectivity index (χ3v) is 10.0. The number of benzene rings is 5. The number of aromatic nitrogens is 1. The summed E-state index contributed by atoms with van der Waals surface area (Å²) in [5.41, 5.74) is 6.62. The van der Waals surface area contributed by atoms with Gasteiger partial charge in [0.2, 0.25) is 0 Å². The van der Waals surface area contributed by atoms with E-state index in [-0.39, 0.29) is 36.4 Å². The molecule has 52 heavy (non-hydrogen) atoms. The number of Topliss-reactive ketones (excluding diaryl/α,β-unsaturated/α-hetero) is 1. The topological polar surface area (TPSA) is 111 Å². The number of carbonyl (C=O) groups excluding carboxylic acids is 2. The van der Waals surface area contributed by atoms with E-state index in [1.807, 2.05) is 91.0 Å². The first kappa shape index (κ1) is 35.1. The Kier molecular flexibility index (Phi) is 10.7. The SMILES string of the molecule is CC(=O)c1cccc(NC(=O)c2cccc(C3O[C@H](CSc4nc(-c5ccccc5)c(-c5ccccc5)o4)[C@H](C)[C@H](c4ccc(CO)cc4)O3)c2)c1. The number of ketones is 1. The second kappa shape index (κ2) is 15.9. The highest BCUT2D eigenvalue weighted by Gasteiger charge is 2.39. The van der Waals surface area contributed by atoms with E-state index in [0.29, 0.717) is 39.1 Å². The van der Waals surface area contributed by atoms with Crippen molar-refractivity contribution in [3.8, 4) is 22.6 Å². The third kappa shape index (κ3) is 7.93. The van der Waals surface area contributed by atoms with Crippen molar-refractivity contribution in [2.45, 2.75) is 44.2 Å². The highest BCUT2D eigenvalue weighted by molar-refractivity contribution is 7.99. The number of aliphatic hydroxyl groups excluding tert-OH is 1. The van der Waals surface area contributed by atoms with Crippen LogP contribution in [0, 0.1) is 5.92 Å². The fourth-order valence-electron chi connectivity index (χ4n) is 6.25. The minimum atomic E-state index is -0.776. The molecule has 0 radical (unpaired) electrons. The molecule has 2 N–H and O–H groups in total. The number of anilines is 1. The van der Waals surface area contributed by atoms with Crippen LogP contribution in [0.4, 0.5) is 5.69 Å². The number of aliphatic hydroxyl groups is 1. The van der Waals surface area contributed by atoms with E-state index < -0.39 is 6.29 Å². The molecule has 0 saturated carbocycles. The normalized spacial score (nSPS) is 18.5. The minimum Gasteiger partial charge on any atom is -0.431 e. The zero-order valence-electron chi connectivity index (χ0n) is 28.8. The molecule has 1 unspecified atom stereocenters. The first-order valence-electron chi connectivity index (χ1n) is 17.1. The predicted molar refractivity (Wildman–Crippen MR) is 202 cm³/mol. The Morgan fingerprint density at radius 3 is 2.17 bits per heavy atom. The highest BCUT2D eigenvalue weighted by Crippen LogP contribution is 2.44. The molecule has 1 aliphatic rings. The van der Waals surface area contributed by atoms with Crippen molar-refractivity contribution < 1.29 is 28.6 Å². The maximum absolute atomic E-state index is 13.4. The van der Waals surface area contributed by atoms with Crippen molar-refractivity contribution in [2.24, 2.45) is 5.92 Å². The van der Waals surface area contributed by atoms with Crippen molar-refractivity contribution >= 4 is 29.1 Å². The van der Waals surface area contributed by atoms with Crippen LogP contribution in [0.2, 0.25) is 0 Å². The van der Waals surface area contributed by atoms with E-state index in [4.69, 9.17) is 18.9 Å². The van der Waals surface area contributed by atoms with Gasteiger partial charge in [0.25, 0.3) is 11.1 Å². The first-order chi connectivity index (χ1) is 25.4. The molecule has 1 fully saturated rings. The summed E-state index contributed by atoms with van der Waals surface area (Å²) in [6.45, 7) is 3.54. The van der Waals surface area contributed by atoms with Crippen LogP contribution in [0.15, 0.2) is 143 Å². The van der Waals surface area contributed by atoms with Crippen LogP contribution in [0.3, 0.4) is 0 Å². The molecule has 262 valence electrons. The molecule has 6 aromatic rings. The Labute approximate surface area is 306 Å². The minimum absolute atomic E-state index is 0.0493. The first-order valence-corrected chi connectivity index (χ1v) is 18.1. The lowest BCUT2D eigenvalue weighted by atomic mass is 9.91. The largest absolute Gasteiger partial charge is 0.431 e. The quantitative estimate of drug-likeness (QED) is 0.101. The number of rotatable bonds is 11. The molecule has 4 atom stereocenters. The molecule has 1 amide bonds. The smallest absolute Gasteiger partial charge is 0.256 e. The van der Waals surface area contributed by atoms with Gasteiger partial charge in [-0.2, -0.15) is 0 Å². The maximum atomic E-state index is 13.4. The molecule has 0 spiro atoms. The van der Waals surface area contributed by atoms with E-state index in [9.17, 15) is 14.7 Å². The molecular weight excluding hydrogens is 673 g/mol. The zero-order valence-corrected chi connectivity index (χ0v) is 29.6. The maximum Gasteiger partial charge on any atom is 0.256 e. The Morgan fingerprint density at radius 1 is 0.769 bits per heavy atom. The molecule has 8 nitrogen and oxygen atoms in total. The summed E-state index contributed by atoms with van der Waals surface area (Å²) in [7, 11) is 0. The van der Waals surface area contributed by atoms with Gasteiger partial charge in [-0.25, -0.2) is 4.98 Å². The summed E-state index contributed by atoms with van der Waals surface area (Å²) in [5.74, 6) is 0.770. The fourth-order valence-corrected chi connectivity index (χ4v) is 7.24. The molecule has 2 heterocycles. The van der Waals surface area contributed by atoms with E-state index >= 15 is 0 Å². The average molecular weight is 711 g/mol. The summed E-state index contributed by atoms with van der Waals surface area (Å²) in [5, 5.41) is 13.1. The van der Waals surface area contributed by atoms with Gasteiger partial charge in [-0.05, 0) is 42.3 Å². The number of nitrogens with zero attached hydrogens (tertiary/aromatic N) is 1. The van der Waals surface area contributed by atoms with Crippen molar-refractivity contribution in [1.29, 1.82) is 0 Å². The second-order valence-corrected chi connectivity index (χ2v) is 13.7. The monoisotopic (exact) mass is 710 g/mol. The number of thioether (sulfide) groups is 1. The van der Waals surface area contributed by atoms with Gasteiger partial charge in [-0.3, -0.25) is 9.59 Å². The van der Waals surface area contributed by atoms with E-state index in [0.717, 1.165) is 27.9 Å². The highest BCUT2D eigenvalue weighted by atomic mass is 32.2. The Bertz CT molecular complexity index is 2100. The van der Waals surface area contributed by atoms with Gasteiger partial charge in [0.05, 0.1) is 18.8 Å². The lowest BCUT2D eigenvalue weighted by Crippen LogP contribution is -2.38. The Balaban J connectivity index is 1.15. The van der Waals surface area contributed by atoms with Crippen molar-refractivity contribution in [1.82, 2.24) is 4.98 Å². The van der Waals surface area contributed by atoms with Gasteiger partial charge in [0.1, 0.15) is 5.69 Å². The van der Waals surface area contributed by atoms with Crippen molar-refractivity contribution in [3.63, 3.8) is 0 Å². The lowest BCUT2D eigenvalue weighted by molar-refractivity contribution is -0.268. The Hall–Kier alpha value is -5.32. The lowest BCUT2D eigenvalue weighted by Gasteiger charge is -2.41. The summed E-state index contributed by atoms with van der Waals surface area (Å²) in [4.78, 5) is 30.2. The summed E-state index contributed by atoms with van der Waals surface area (Å²) < 4.78 is 19.8. The molecular formula is C43H38N2O6S. The molecule has 1 saturated heterocycles. The number of hydrogen-bond acceptors (Lipinski definition) is 8. The number of hydrogen-bond donors (Lipinski definition) is 2. The Morgan fingerprint density at radius 2 is 1.46 bits per heavy atom.